The van der Waals surface area contributed by atoms with E-state index in [0.29, 0.717) is 0 Å². The number of methoxy groups -OCH3 is 2. The van der Waals surface area contributed by atoms with Crippen LogP contribution in [0, 0.1) is 0 Å². The fraction of sp³-hybridized carbons (Fsp3) is 0.294. The lowest BCUT2D eigenvalue weighted by Crippen LogP contribution is -2.33. The zero-order valence-corrected chi connectivity index (χ0v) is 13.2. The Balaban J connectivity index is 2.34. The van der Waals surface area contributed by atoms with Gasteiger partial charge in [-0.05, 0) is 23.3 Å². The van der Waals surface area contributed by atoms with Crippen LogP contribution in [0.25, 0.3) is 0 Å². The molecule has 0 radical (unpaired) electrons. The second kappa shape index (κ2) is 7.44. The molecule has 1 atom stereocenters. The molecular formula is C17H18F3NO3. The van der Waals surface area contributed by atoms with Crippen LogP contribution >= 0.6 is 0 Å². The molecule has 4 nitrogen and oxygen atoms in total. The molecule has 0 heterocycles. The van der Waals surface area contributed by atoms with Crippen LogP contribution in [0.3, 0.4) is 0 Å². The van der Waals surface area contributed by atoms with E-state index in [0.717, 1.165) is 17.7 Å². The highest BCUT2D eigenvalue weighted by Gasteiger charge is 2.41. The fourth-order valence-corrected chi connectivity index (χ4v) is 2.32. The summed E-state index contributed by atoms with van der Waals surface area (Å²) >= 11 is 0. The number of alkyl halides is 3. The van der Waals surface area contributed by atoms with Gasteiger partial charge in [0, 0.05) is 6.54 Å². The predicted molar refractivity (Wildman–Crippen MR) is 83.3 cm³/mol. The number of phenolic OH excluding ortho intramolecular Hbond substituents is 1. The first-order valence-electron chi connectivity index (χ1n) is 7.15. The molecule has 0 spiro atoms. The Morgan fingerprint density at radius 1 is 1.04 bits per heavy atom. The van der Waals surface area contributed by atoms with Crippen molar-refractivity contribution in [3.05, 3.63) is 53.6 Å². The molecule has 2 aromatic rings. The molecule has 0 saturated carbocycles. The third-order valence-corrected chi connectivity index (χ3v) is 3.52. The van der Waals surface area contributed by atoms with E-state index in [9.17, 15) is 18.3 Å². The molecule has 0 saturated heterocycles. The molecule has 0 amide bonds. The van der Waals surface area contributed by atoms with Crippen molar-refractivity contribution in [1.82, 2.24) is 5.32 Å². The SMILES string of the molecule is COc1cc(C(NCc2ccccc2)C(F)(F)F)cc(OC)c1O. The maximum Gasteiger partial charge on any atom is 0.407 e. The molecule has 0 aliphatic carbocycles. The Morgan fingerprint density at radius 2 is 1.58 bits per heavy atom. The summed E-state index contributed by atoms with van der Waals surface area (Å²) in [4.78, 5) is 0. The Hall–Kier alpha value is -2.41. The summed E-state index contributed by atoms with van der Waals surface area (Å²) in [6.07, 6.45) is -4.53. The molecule has 0 bridgehead atoms. The number of hydrogen-bond donors (Lipinski definition) is 2. The van der Waals surface area contributed by atoms with Crippen molar-refractivity contribution in [2.24, 2.45) is 0 Å². The predicted octanol–water partition coefficient (Wildman–Crippen LogP) is 3.80. The minimum atomic E-state index is -4.53. The van der Waals surface area contributed by atoms with E-state index < -0.39 is 12.2 Å². The summed E-state index contributed by atoms with van der Waals surface area (Å²) in [5, 5.41) is 12.4. The van der Waals surface area contributed by atoms with Crippen molar-refractivity contribution in [3.8, 4) is 17.2 Å². The van der Waals surface area contributed by atoms with Gasteiger partial charge in [-0.2, -0.15) is 13.2 Å². The van der Waals surface area contributed by atoms with Gasteiger partial charge in [0.2, 0.25) is 5.75 Å². The molecule has 2 rings (SSSR count). The van der Waals surface area contributed by atoms with Crippen LogP contribution < -0.4 is 14.8 Å². The first-order chi connectivity index (χ1) is 11.4. The number of phenols is 1. The van der Waals surface area contributed by atoms with Crippen LogP contribution in [-0.2, 0) is 6.54 Å². The summed E-state index contributed by atoms with van der Waals surface area (Å²) in [5.41, 5.74) is 0.620. The molecule has 130 valence electrons. The Bertz CT molecular complexity index is 650. The molecule has 0 fully saturated rings. The number of hydrogen-bond acceptors (Lipinski definition) is 4. The highest BCUT2D eigenvalue weighted by Crippen LogP contribution is 2.42. The highest BCUT2D eigenvalue weighted by molar-refractivity contribution is 5.53. The summed E-state index contributed by atoms with van der Waals surface area (Å²) in [5.74, 6) is -0.507. The lowest BCUT2D eigenvalue weighted by Gasteiger charge is -2.23. The van der Waals surface area contributed by atoms with Crippen LogP contribution in [0.1, 0.15) is 17.2 Å². The van der Waals surface area contributed by atoms with Crippen LogP contribution in [0.4, 0.5) is 13.2 Å². The Morgan fingerprint density at radius 3 is 2.04 bits per heavy atom. The first kappa shape index (κ1) is 17.9. The van der Waals surface area contributed by atoms with E-state index in [2.05, 4.69) is 5.32 Å². The van der Waals surface area contributed by atoms with Crippen molar-refractivity contribution in [2.45, 2.75) is 18.8 Å². The summed E-state index contributed by atoms with van der Waals surface area (Å²) in [6.45, 7) is 0.0382. The van der Waals surface area contributed by atoms with Crippen molar-refractivity contribution >= 4 is 0 Å². The van der Waals surface area contributed by atoms with Crippen LogP contribution in [0.5, 0.6) is 17.2 Å². The number of rotatable bonds is 6. The Kier molecular flexibility index (Phi) is 5.56. The summed E-state index contributed by atoms with van der Waals surface area (Å²) in [7, 11) is 2.52. The maximum absolute atomic E-state index is 13.5. The quantitative estimate of drug-likeness (QED) is 0.839. The molecule has 24 heavy (non-hydrogen) atoms. The van der Waals surface area contributed by atoms with Crippen molar-refractivity contribution in [1.29, 1.82) is 0 Å². The zero-order valence-electron chi connectivity index (χ0n) is 13.2. The van der Waals surface area contributed by atoms with Gasteiger partial charge in [-0.25, -0.2) is 0 Å². The van der Waals surface area contributed by atoms with Gasteiger partial charge in [-0.15, -0.1) is 0 Å². The molecule has 0 aliphatic rings. The van der Waals surface area contributed by atoms with Gasteiger partial charge in [0.05, 0.1) is 14.2 Å². The molecule has 1 unspecified atom stereocenters. The number of benzene rings is 2. The van der Waals surface area contributed by atoms with Gasteiger partial charge >= 0.3 is 6.18 Å². The van der Waals surface area contributed by atoms with Gasteiger partial charge in [-0.3, -0.25) is 5.32 Å². The number of aromatic hydroxyl groups is 1. The molecule has 0 aromatic heterocycles. The minimum absolute atomic E-state index is 0.0382. The summed E-state index contributed by atoms with van der Waals surface area (Å²) in [6, 6.07) is 9.14. The lowest BCUT2D eigenvalue weighted by atomic mass is 10.0. The number of nitrogens with one attached hydrogen (secondary N) is 1. The fourth-order valence-electron chi connectivity index (χ4n) is 2.32. The highest BCUT2D eigenvalue weighted by atomic mass is 19.4. The topological polar surface area (TPSA) is 50.7 Å². The second-order valence-corrected chi connectivity index (χ2v) is 5.12. The standard InChI is InChI=1S/C17H18F3NO3/c1-23-13-8-12(9-14(24-2)15(13)22)16(17(18,19)20)21-10-11-6-4-3-5-7-11/h3-9,16,21-22H,10H2,1-2H3. The monoisotopic (exact) mass is 341 g/mol. The molecule has 2 aromatic carbocycles. The van der Waals surface area contributed by atoms with Gasteiger partial charge in [-0.1, -0.05) is 30.3 Å². The average Bonchev–Trinajstić information content (AvgIpc) is 2.55. The van der Waals surface area contributed by atoms with Gasteiger partial charge in [0.1, 0.15) is 6.04 Å². The Labute approximate surface area is 137 Å². The van der Waals surface area contributed by atoms with E-state index in [1.165, 1.54) is 14.2 Å². The molecular weight excluding hydrogens is 323 g/mol. The van der Waals surface area contributed by atoms with Crippen molar-refractivity contribution in [3.63, 3.8) is 0 Å². The van der Waals surface area contributed by atoms with Crippen molar-refractivity contribution in [2.75, 3.05) is 14.2 Å². The van der Waals surface area contributed by atoms with E-state index in [4.69, 9.17) is 9.47 Å². The second-order valence-electron chi connectivity index (χ2n) is 5.12. The van der Waals surface area contributed by atoms with Gasteiger partial charge < -0.3 is 14.6 Å². The molecule has 7 heteroatoms. The smallest absolute Gasteiger partial charge is 0.407 e. The maximum atomic E-state index is 13.5. The lowest BCUT2D eigenvalue weighted by molar-refractivity contribution is -0.158. The third kappa shape index (κ3) is 4.11. The number of ether oxygens (including phenoxy) is 2. The third-order valence-electron chi connectivity index (χ3n) is 3.52. The average molecular weight is 341 g/mol. The van der Waals surface area contributed by atoms with E-state index in [1.54, 1.807) is 30.3 Å². The summed E-state index contributed by atoms with van der Waals surface area (Å²) < 4.78 is 50.3. The zero-order chi connectivity index (χ0) is 17.7. The first-order valence-corrected chi connectivity index (χ1v) is 7.15. The van der Waals surface area contributed by atoms with E-state index >= 15 is 0 Å². The molecule has 0 aliphatic heterocycles. The van der Waals surface area contributed by atoms with Crippen LogP contribution in [-0.4, -0.2) is 25.5 Å². The van der Waals surface area contributed by atoms with Crippen LogP contribution in [0.2, 0.25) is 0 Å². The minimum Gasteiger partial charge on any atom is -0.502 e. The van der Waals surface area contributed by atoms with E-state index in [1.807, 2.05) is 0 Å². The number of halogens is 3. The van der Waals surface area contributed by atoms with Gasteiger partial charge in [0.15, 0.2) is 11.5 Å². The van der Waals surface area contributed by atoms with E-state index in [-0.39, 0.29) is 29.4 Å². The largest absolute Gasteiger partial charge is 0.502 e. The van der Waals surface area contributed by atoms with Crippen LogP contribution in [0.15, 0.2) is 42.5 Å². The van der Waals surface area contributed by atoms with Gasteiger partial charge in [0.25, 0.3) is 0 Å². The van der Waals surface area contributed by atoms with Crippen molar-refractivity contribution < 1.29 is 27.8 Å². The molecule has 2 N–H and O–H groups in total. The normalized spacial score (nSPS) is 12.7.